The fourth-order valence-corrected chi connectivity index (χ4v) is 2.13. The summed E-state index contributed by atoms with van der Waals surface area (Å²) in [5.74, 6) is 0. The van der Waals surface area contributed by atoms with E-state index in [9.17, 15) is 0 Å². The monoisotopic (exact) mass is 225 g/mol. The number of hydrogen-bond donors (Lipinski definition) is 1. The highest BCUT2D eigenvalue weighted by Crippen LogP contribution is 2.24. The van der Waals surface area contributed by atoms with Crippen molar-refractivity contribution in [3.63, 3.8) is 0 Å². The molecule has 0 heterocycles. The predicted molar refractivity (Wildman–Crippen MR) is 74.0 cm³/mol. The smallest absolute Gasteiger partial charge is 0.00367 e. The zero-order valence-electron chi connectivity index (χ0n) is 10.3. The SMILES string of the molecule is CCc1ccccc1-c1ccc(CCN)cc1. The van der Waals surface area contributed by atoms with Crippen LogP contribution in [0.15, 0.2) is 48.5 Å². The van der Waals surface area contributed by atoms with Crippen LogP contribution in [-0.2, 0) is 12.8 Å². The molecule has 17 heavy (non-hydrogen) atoms. The van der Waals surface area contributed by atoms with Crippen LogP contribution in [0.5, 0.6) is 0 Å². The summed E-state index contributed by atoms with van der Waals surface area (Å²) in [4.78, 5) is 0. The molecular weight excluding hydrogens is 206 g/mol. The van der Waals surface area contributed by atoms with E-state index in [1.165, 1.54) is 22.3 Å². The number of rotatable bonds is 4. The summed E-state index contributed by atoms with van der Waals surface area (Å²) in [6, 6.07) is 17.3. The van der Waals surface area contributed by atoms with Crippen LogP contribution in [-0.4, -0.2) is 6.54 Å². The Bertz CT molecular complexity index is 471. The summed E-state index contributed by atoms with van der Waals surface area (Å²) < 4.78 is 0. The highest BCUT2D eigenvalue weighted by Gasteiger charge is 2.02. The molecular formula is C16H19N. The second-order valence-electron chi connectivity index (χ2n) is 4.25. The average molecular weight is 225 g/mol. The van der Waals surface area contributed by atoms with E-state index >= 15 is 0 Å². The molecule has 0 radical (unpaired) electrons. The number of hydrogen-bond acceptors (Lipinski definition) is 1. The van der Waals surface area contributed by atoms with E-state index in [0.29, 0.717) is 6.54 Å². The first-order valence-corrected chi connectivity index (χ1v) is 6.22. The number of aryl methyl sites for hydroxylation is 1. The molecule has 1 heteroatoms. The van der Waals surface area contributed by atoms with E-state index in [1.807, 2.05) is 0 Å². The first-order chi connectivity index (χ1) is 8.35. The maximum atomic E-state index is 5.56. The molecule has 0 saturated carbocycles. The summed E-state index contributed by atoms with van der Waals surface area (Å²) in [7, 11) is 0. The first-order valence-electron chi connectivity index (χ1n) is 6.22. The van der Waals surface area contributed by atoms with Crippen LogP contribution in [0.25, 0.3) is 11.1 Å². The van der Waals surface area contributed by atoms with Gasteiger partial charge in [0.05, 0.1) is 0 Å². The maximum absolute atomic E-state index is 5.56. The molecule has 0 saturated heterocycles. The van der Waals surface area contributed by atoms with Gasteiger partial charge in [-0.25, -0.2) is 0 Å². The van der Waals surface area contributed by atoms with Gasteiger partial charge in [0.25, 0.3) is 0 Å². The van der Waals surface area contributed by atoms with Gasteiger partial charge in [-0.1, -0.05) is 55.5 Å². The number of nitrogens with two attached hydrogens (primary N) is 1. The normalized spacial score (nSPS) is 10.5. The standard InChI is InChI=1S/C16H19N/c1-2-14-5-3-4-6-16(14)15-9-7-13(8-10-15)11-12-17/h3-10H,2,11-12,17H2,1H3. The molecule has 2 aromatic carbocycles. The van der Waals surface area contributed by atoms with Crippen molar-refractivity contribution in [3.05, 3.63) is 59.7 Å². The molecule has 0 aliphatic carbocycles. The lowest BCUT2D eigenvalue weighted by Gasteiger charge is -2.08. The van der Waals surface area contributed by atoms with Gasteiger partial charge in [-0.15, -0.1) is 0 Å². The summed E-state index contributed by atoms with van der Waals surface area (Å²) in [5, 5.41) is 0. The second kappa shape index (κ2) is 5.65. The lowest BCUT2D eigenvalue weighted by molar-refractivity contribution is 0.969. The molecule has 0 bridgehead atoms. The van der Waals surface area contributed by atoms with Crippen LogP contribution >= 0.6 is 0 Å². The molecule has 0 aliphatic rings. The molecule has 0 aliphatic heterocycles. The Hall–Kier alpha value is -1.60. The molecule has 1 nitrogen and oxygen atoms in total. The van der Waals surface area contributed by atoms with Crippen LogP contribution in [0.4, 0.5) is 0 Å². The minimum atomic E-state index is 0.713. The fourth-order valence-electron chi connectivity index (χ4n) is 2.13. The van der Waals surface area contributed by atoms with Crippen molar-refractivity contribution in [2.24, 2.45) is 5.73 Å². The highest BCUT2D eigenvalue weighted by molar-refractivity contribution is 5.67. The molecule has 2 rings (SSSR count). The Morgan fingerprint density at radius 1 is 0.941 bits per heavy atom. The predicted octanol–water partition coefficient (Wildman–Crippen LogP) is 3.42. The van der Waals surface area contributed by atoms with E-state index in [2.05, 4.69) is 55.5 Å². The van der Waals surface area contributed by atoms with E-state index in [4.69, 9.17) is 5.73 Å². The summed E-state index contributed by atoms with van der Waals surface area (Å²) in [5.41, 5.74) is 10.9. The van der Waals surface area contributed by atoms with Crippen LogP contribution in [0, 0.1) is 0 Å². The maximum Gasteiger partial charge on any atom is -0.00367 e. The van der Waals surface area contributed by atoms with Gasteiger partial charge in [0.2, 0.25) is 0 Å². The van der Waals surface area contributed by atoms with Crippen molar-refractivity contribution < 1.29 is 0 Å². The Kier molecular flexibility index (Phi) is 3.94. The van der Waals surface area contributed by atoms with Crippen LogP contribution in [0.3, 0.4) is 0 Å². The third-order valence-corrected chi connectivity index (χ3v) is 3.10. The minimum Gasteiger partial charge on any atom is -0.330 e. The molecule has 0 fully saturated rings. The highest BCUT2D eigenvalue weighted by atomic mass is 14.5. The van der Waals surface area contributed by atoms with Gasteiger partial charge in [-0.2, -0.15) is 0 Å². The average Bonchev–Trinajstić information content (AvgIpc) is 2.40. The van der Waals surface area contributed by atoms with E-state index in [-0.39, 0.29) is 0 Å². The Balaban J connectivity index is 2.33. The minimum absolute atomic E-state index is 0.713. The molecule has 88 valence electrons. The van der Waals surface area contributed by atoms with Crippen LogP contribution in [0.2, 0.25) is 0 Å². The quantitative estimate of drug-likeness (QED) is 0.847. The van der Waals surface area contributed by atoms with Crippen molar-refractivity contribution in [2.45, 2.75) is 19.8 Å². The molecule has 0 atom stereocenters. The Morgan fingerprint density at radius 3 is 2.29 bits per heavy atom. The van der Waals surface area contributed by atoms with Gasteiger partial charge in [0.15, 0.2) is 0 Å². The van der Waals surface area contributed by atoms with Crippen LogP contribution < -0.4 is 5.73 Å². The van der Waals surface area contributed by atoms with Crippen molar-refractivity contribution in [2.75, 3.05) is 6.54 Å². The molecule has 2 N–H and O–H groups in total. The number of benzene rings is 2. The van der Waals surface area contributed by atoms with Crippen molar-refractivity contribution in [1.29, 1.82) is 0 Å². The third kappa shape index (κ3) is 2.75. The zero-order valence-corrected chi connectivity index (χ0v) is 10.3. The van der Waals surface area contributed by atoms with Crippen molar-refractivity contribution in [3.8, 4) is 11.1 Å². The van der Waals surface area contributed by atoms with Gasteiger partial charge < -0.3 is 5.73 Å². The van der Waals surface area contributed by atoms with Crippen LogP contribution in [0.1, 0.15) is 18.1 Å². The topological polar surface area (TPSA) is 26.0 Å². The summed E-state index contributed by atoms with van der Waals surface area (Å²) in [6.45, 7) is 2.91. The largest absolute Gasteiger partial charge is 0.330 e. The Labute approximate surface area is 103 Å². The zero-order chi connectivity index (χ0) is 12.1. The molecule has 0 unspecified atom stereocenters. The van der Waals surface area contributed by atoms with Gasteiger partial charge in [-0.05, 0) is 41.6 Å². The third-order valence-electron chi connectivity index (χ3n) is 3.10. The Morgan fingerprint density at radius 2 is 1.65 bits per heavy atom. The lowest BCUT2D eigenvalue weighted by atomic mass is 9.97. The van der Waals surface area contributed by atoms with Gasteiger partial charge in [0, 0.05) is 0 Å². The summed E-state index contributed by atoms with van der Waals surface area (Å²) >= 11 is 0. The molecule has 2 aromatic rings. The van der Waals surface area contributed by atoms with Gasteiger partial charge in [0.1, 0.15) is 0 Å². The van der Waals surface area contributed by atoms with E-state index in [0.717, 1.165) is 12.8 Å². The van der Waals surface area contributed by atoms with Gasteiger partial charge >= 0.3 is 0 Å². The molecule has 0 amide bonds. The lowest BCUT2D eigenvalue weighted by Crippen LogP contribution is -2.02. The van der Waals surface area contributed by atoms with E-state index in [1.54, 1.807) is 0 Å². The van der Waals surface area contributed by atoms with Crippen molar-refractivity contribution in [1.82, 2.24) is 0 Å². The fraction of sp³-hybridized carbons (Fsp3) is 0.250. The summed E-state index contributed by atoms with van der Waals surface area (Å²) in [6.07, 6.45) is 2.02. The van der Waals surface area contributed by atoms with E-state index < -0.39 is 0 Å². The molecule has 0 spiro atoms. The second-order valence-corrected chi connectivity index (χ2v) is 4.25. The molecule has 0 aromatic heterocycles. The van der Waals surface area contributed by atoms with Crippen molar-refractivity contribution >= 4 is 0 Å². The van der Waals surface area contributed by atoms with Gasteiger partial charge in [-0.3, -0.25) is 0 Å². The first kappa shape index (κ1) is 11.9.